The average Bonchev–Trinajstić information content (AvgIpc) is 3.45. The lowest BCUT2D eigenvalue weighted by Gasteiger charge is -2.20. The molecule has 0 fully saturated rings. The van der Waals surface area contributed by atoms with Gasteiger partial charge in [0.05, 0.1) is 25.4 Å². The molecule has 1 amide bonds. The fraction of sp³-hybridized carbons (Fsp3) is 0.890. The number of rotatable bonds is 67. The van der Waals surface area contributed by atoms with E-state index in [2.05, 4.69) is 43.5 Å². The second-order valence-electron chi connectivity index (χ2n) is 24.6. The van der Waals surface area contributed by atoms with E-state index in [4.69, 9.17) is 4.74 Å². The number of hydrogen-bond acceptors (Lipinski definition) is 5. The molecule has 0 aromatic heterocycles. The first-order valence-electron chi connectivity index (χ1n) is 35.8. The largest absolute Gasteiger partial charge is 0.466 e. The molecule has 0 aromatic rings. The highest BCUT2D eigenvalue weighted by Crippen LogP contribution is 2.19. The van der Waals surface area contributed by atoms with E-state index in [9.17, 15) is 19.8 Å². The van der Waals surface area contributed by atoms with Gasteiger partial charge in [-0.2, -0.15) is 0 Å². The van der Waals surface area contributed by atoms with Gasteiger partial charge in [-0.25, -0.2) is 0 Å². The molecule has 0 radical (unpaired) electrons. The monoisotopic (exact) mass is 1110 g/mol. The smallest absolute Gasteiger partial charge is 0.305 e. The summed E-state index contributed by atoms with van der Waals surface area (Å²) in [6.45, 7) is 4.87. The molecule has 0 bridgehead atoms. The van der Waals surface area contributed by atoms with Gasteiger partial charge in [0.15, 0.2) is 0 Å². The van der Waals surface area contributed by atoms with Crippen LogP contribution >= 0.6 is 0 Å². The number of amides is 1. The highest BCUT2D eigenvalue weighted by atomic mass is 16.5. The van der Waals surface area contributed by atoms with E-state index < -0.39 is 12.1 Å². The number of unbranched alkanes of at least 4 members (excludes halogenated alkanes) is 52. The molecule has 0 saturated carbocycles. The van der Waals surface area contributed by atoms with Crippen molar-refractivity contribution in [2.45, 2.75) is 405 Å². The van der Waals surface area contributed by atoms with Crippen molar-refractivity contribution in [1.29, 1.82) is 0 Å². The summed E-state index contributed by atoms with van der Waals surface area (Å²) in [6.07, 6.45) is 88.0. The Morgan fingerprint density at radius 3 is 1.01 bits per heavy atom. The highest BCUT2D eigenvalue weighted by molar-refractivity contribution is 5.76. The third-order valence-corrected chi connectivity index (χ3v) is 16.6. The van der Waals surface area contributed by atoms with Crippen molar-refractivity contribution in [3.05, 3.63) is 36.5 Å². The first-order chi connectivity index (χ1) is 39.0. The lowest BCUT2D eigenvalue weighted by Crippen LogP contribution is -2.45. The number of aliphatic hydroxyl groups excluding tert-OH is 2. The molecule has 79 heavy (non-hydrogen) atoms. The molecule has 0 rings (SSSR count). The minimum atomic E-state index is -0.842. The fourth-order valence-electron chi connectivity index (χ4n) is 11.2. The van der Waals surface area contributed by atoms with E-state index in [1.165, 1.54) is 315 Å². The first-order valence-corrected chi connectivity index (χ1v) is 35.8. The maximum Gasteiger partial charge on any atom is 0.305 e. The topological polar surface area (TPSA) is 95.9 Å². The van der Waals surface area contributed by atoms with Crippen LogP contribution in [0.5, 0.6) is 0 Å². The summed E-state index contributed by atoms with van der Waals surface area (Å²) in [7, 11) is 0. The predicted molar refractivity (Wildman–Crippen MR) is 347 cm³/mol. The maximum atomic E-state index is 12.5. The zero-order valence-corrected chi connectivity index (χ0v) is 53.4. The van der Waals surface area contributed by atoms with E-state index in [0.29, 0.717) is 19.4 Å². The van der Waals surface area contributed by atoms with Crippen molar-refractivity contribution in [3.63, 3.8) is 0 Å². The second kappa shape index (κ2) is 68.6. The Hall–Kier alpha value is -1.92. The van der Waals surface area contributed by atoms with Crippen LogP contribution < -0.4 is 5.32 Å². The molecule has 0 aromatic carbocycles. The quantitative estimate of drug-likeness (QED) is 0.0320. The Morgan fingerprint density at radius 1 is 0.354 bits per heavy atom. The van der Waals surface area contributed by atoms with Crippen LogP contribution in [0.2, 0.25) is 0 Å². The van der Waals surface area contributed by atoms with Gasteiger partial charge in [-0.15, -0.1) is 0 Å². The summed E-state index contributed by atoms with van der Waals surface area (Å²) in [5.41, 5.74) is 0. The van der Waals surface area contributed by atoms with Crippen molar-refractivity contribution >= 4 is 11.9 Å². The SMILES string of the molecule is CCC/C=C\C/C=C\CCCCCCCC(=O)OCCCCCCCCCCCCCCCCCCCCCCCCCCCCCCCCC(=O)NC(CO)C(O)/C=C/CCCCCCCCCCCCCCCCCCC. The first kappa shape index (κ1) is 77.1. The van der Waals surface area contributed by atoms with E-state index in [1.54, 1.807) is 6.08 Å². The van der Waals surface area contributed by atoms with Gasteiger partial charge in [-0.1, -0.05) is 359 Å². The molecule has 2 unspecified atom stereocenters. The molecule has 0 saturated heterocycles. The lowest BCUT2D eigenvalue weighted by atomic mass is 10.0. The molecular formula is C73H139NO5. The molecule has 3 N–H and O–H groups in total. The van der Waals surface area contributed by atoms with Gasteiger partial charge in [-0.3, -0.25) is 9.59 Å². The Kier molecular flexibility index (Phi) is 66.9. The minimum absolute atomic E-state index is 0.00470. The number of carbonyl (C=O) groups is 2. The minimum Gasteiger partial charge on any atom is -0.466 e. The highest BCUT2D eigenvalue weighted by Gasteiger charge is 2.18. The third-order valence-electron chi connectivity index (χ3n) is 16.6. The summed E-state index contributed by atoms with van der Waals surface area (Å²) in [6, 6.07) is -0.626. The normalized spacial score (nSPS) is 12.7. The van der Waals surface area contributed by atoms with E-state index in [0.717, 1.165) is 51.4 Å². The number of esters is 1. The Morgan fingerprint density at radius 2 is 0.658 bits per heavy atom. The van der Waals surface area contributed by atoms with Crippen molar-refractivity contribution in [2.24, 2.45) is 0 Å². The van der Waals surface area contributed by atoms with Crippen LogP contribution in [0.3, 0.4) is 0 Å². The van der Waals surface area contributed by atoms with Crippen LogP contribution in [-0.4, -0.2) is 47.4 Å². The van der Waals surface area contributed by atoms with Gasteiger partial charge in [0, 0.05) is 12.8 Å². The maximum absolute atomic E-state index is 12.5. The van der Waals surface area contributed by atoms with Gasteiger partial charge in [-0.05, 0) is 57.8 Å². The number of allylic oxidation sites excluding steroid dienone is 5. The van der Waals surface area contributed by atoms with Gasteiger partial charge < -0.3 is 20.3 Å². The molecule has 2 atom stereocenters. The van der Waals surface area contributed by atoms with Crippen LogP contribution in [-0.2, 0) is 14.3 Å². The van der Waals surface area contributed by atoms with Crippen LogP contribution in [0.4, 0.5) is 0 Å². The van der Waals surface area contributed by atoms with Gasteiger partial charge in [0.1, 0.15) is 0 Å². The van der Waals surface area contributed by atoms with Gasteiger partial charge in [0.2, 0.25) is 5.91 Å². The third kappa shape index (κ3) is 65.1. The Balaban J connectivity index is 3.36. The van der Waals surface area contributed by atoms with Crippen LogP contribution in [0.1, 0.15) is 393 Å². The molecule has 466 valence electrons. The molecule has 0 aliphatic heterocycles. The summed E-state index contributed by atoms with van der Waals surface area (Å²) >= 11 is 0. The van der Waals surface area contributed by atoms with Crippen LogP contribution in [0.25, 0.3) is 0 Å². The Bertz CT molecular complexity index is 1280. The van der Waals surface area contributed by atoms with Crippen molar-refractivity contribution in [1.82, 2.24) is 5.32 Å². The van der Waals surface area contributed by atoms with Crippen molar-refractivity contribution in [3.8, 4) is 0 Å². The van der Waals surface area contributed by atoms with E-state index >= 15 is 0 Å². The second-order valence-corrected chi connectivity index (χ2v) is 24.6. The molecule has 0 aliphatic carbocycles. The van der Waals surface area contributed by atoms with Crippen LogP contribution in [0.15, 0.2) is 36.5 Å². The summed E-state index contributed by atoms with van der Waals surface area (Å²) in [5.74, 6) is -0.0560. The lowest BCUT2D eigenvalue weighted by molar-refractivity contribution is -0.143. The van der Waals surface area contributed by atoms with Gasteiger partial charge in [0.25, 0.3) is 0 Å². The standard InChI is InChI=1S/C73H139NO5/c1-3-5-7-9-11-13-15-17-18-19-32-35-38-42-45-49-53-57-61-65-71(76)70(69-75)74-72(77)66-62-58-54-50-46-43-39-36-33-30-28-26-24-22-20-21-23-25-27-29-31-34-37-40-44-48-52-56-60-64-68-79-73(78)67-63-59-55-51-47-41-16-14-12-10-8-6-4-2/h8,10,14,16,61,65,70-71,75-76H,3-7,9,11-13,15,17-60,62-64,66-69H2,1-2H3,(H,74,77)/b10-8-,16-14-,65-61+. The van der Waals surface area contributed by atoms with Crippen molar-refractivity contribution in [2.75, 3.05) is 13.2 Å². The summed E-state index contributed by atoms with van der Waals surface area (Å²) in [4.78, 5) is 24.6. The molecule has 0 aliphatic rings. The number of nitrogens with one attached hydrogen (secondary N) is 1. The van der Waals surface area contributed by atoms with E-state index in [-0.39, 0.29) is 18.5 Å². The van der Waals surface area contributed by atoms with Gasteiger partial charge >= 0.3 is 5.97 Å². The molecular weight excluding hydrogens is 971 g/mol. The zero-order valence-electron chi connectivity index (χ0n) is 53.4. The molecule has 6 nitrogen and oxygen atoms in total. The van der Waals surface area contributed by atoms with E-state index in [1.807, 2.05) is 6.08 Å². The number of hydrogen-bond donors (Lipinski definition) is 3. The number of carbonyl (C=O) groups excluding carboxylic acids is 2. The van der Waals surface area contributed by atoms with Crippen molar-refractivity contribution < 1.29 is 24.5 Å². The fourth-order valence-corrected chi connectivity index (χ4v) is 11.2. The molecule has 0 spiro atoms. The predicted octanol–water partition coefficient (Wildman–Crippen LogP) is 23.1. The summed E-state index contributed by atoms with van der Waals surface area (Å²) < 4.78 is 5.48. The Labute approximate surface area is 494 Å². The number of ether oxygens (including phenoxy) is 1. The molecule has 6 heteroatoms. The molecule has 0 heterocycles. The average molecular weight is 1110 g/mol. The summed E-state index contributed by atoms with van der Waals surface area (Å²) in [5, 5.41) is 23.2. The zero-order chi connectivity index (χ0) is 57.1. The number of aliphatic hydroxyl groups is 2. The van der Waals surface area contributed by atoms with Crippen LogP contribution in [0, 0.1) is 0 Å².